The summed E-state index contributed by atoms with van der Waals surface area (Å²) in [5, 5.41) is 20.0. The van der Waals surface area contributed by atoms with Crippen molar-refractivity contribution >= 4 is 92.7 Å². The number of aromatic hydroxyl groups is 1. The predicted molar refractivity (Wildman–Crippen MR) is 104 cm³/mol. The quantitative estimate of drug-likeness (QED) is 0.302. The summed E-state index contributed by atoms with van der Waals surface area (Å²) in [6, 6.07) is 12.8. The Balaban J connectivity index is 0.00000261. The predicted octanol–water partition coefficient (Wildman–Crippen LogP) is 4.70. The zero-order valence-corrected chi connectivity index (χ0v) is 20.4. The van der Waals surface area contributed by atoms with Crippen LogP contribution in [0.15, 0.2) is 63.7 Å². The first-order valence-electron chi connectivity index (χ1n) is 7.72. The van der Waals surface area contributed by atoms with Crippen molar-refractivity contribution in [2.45, 2.75) is 18.2 Å². The number of hydrogen-bond acceptors (Lipinski definition) is 6. The van der Waals surface area contributed by atoms with Gasteiger partial charge in [-0.2, -0.15) is 5.11 Å². The van der Waals surface area contributed by atoms with Crippen molar-refractivity contribution in [1.29, 1.82) is 0 Å². The third-order valence-corrected chi connectivity index (χ3v) is 5.07. The van der Waals surface area contributed by atoms with Crippen LogP contribution < -0.4 is 0 Å². The van der Waals surface area contributed by atoms with Crippen molar-refractivity contribution in [3.05, 3.63) is 59.1 Å². The molecule has 0 fully saturated rings. The van der Waals surface area contributed by atoms with Gasteiger partial charge in [-0.3, -0.25) is 0 Å². The normalized spacial score (nSPS) is 11.7. The van der Waals surface area contributed by atoms with E-state index in [2.05, 4.69) is 10.2 Å². The Morgan fingerprint density at radius 2 is 1.81 bits per heavy atom. The summed E-state index contributed by atoms with van der Waals surface area (Å²) in [5.74, 6) is -0.0656. The van der Waals surface area contributed by atoms with Gasteiger partial charge in [0.25, 0.3) is 0 Å². The topological polar surface area (TPSA) is 102 Å². The molecule has 0 aliphatic carbocycles. The van der Waals surface area contributed by atoms with E-state index in [1.807, 2.05) is 19.1 Å². The molecule has 3 aromatic rings. The van der Waals surface area contributed by atoms with Gasteiger partial charge in [0.1, 0.15) is 21.6 Å². The molecule has 0 aromatic heterocycles. The van der Waals surface area contributed by atoms with Crippen LogP contribution in [0, 0.1) is 0 Å². The average Bonchev–Trinajstić information content (AvgIpc) is 2.59. The van der Waals surface area contributed by atoms with Crippen molar-refractivity contribution < 1.29 is 18.1 Å². The van der Waals surface area contributed by atoms with E-state index in [-0.39, 0.29) is 71.0 Å². The molecular weight excluding hydrogens is 513 g/mol. The number of phenols is 1. The fraction of sp³-hybridized carbons (Fsp3) is 0.111. The summed E-state index contributed by atoms with van der Waals surface area (Å²) in [4.78, 5) is -0.476. The van der Waals surface area contributed by atoms with Gasteiger partial charge in [0, 0.05) is 10.4 Å². The van der Waals surface area contributed by atoms with Gasteiger partial charge in [0.15, 0.2) is 0 Å². The molecule has 27 heavy (non-hydrogen) atoms. The van der Waals surface area contributed by atoms with Gasteiger partial charge in [-0.1, -0.05) is 48.9 Å². The van der Waals surface area contributed by atoms with E-state index in [1.54, 1.807) is 18.2 Å². The average molecular weight is 527 g/mol. The molecule has 9 heteroatoms. The van der Waals surface area contributed by atoms with Crippen LogP contribution in [0.1, 0.15) is 12.5 Å². The molecule has 3 aromatic carbocycles. The maximum atomic E-state index is 11.3. The molecule has 6 nitrogen and oxygen atoms in total. The van der Waals surface area contributed by atoms with Crippen molar-refractivity contribution in [3.63, 3.8) is 0 Å². The Morgan fingerprint density at radius 1 is 1.11 bits per heavy atom. The zero-order valence-electron chi connectivity index (χ0n) is 14.4. The van der Waals surface area contributed by atoms with E-state index >= 15 is 0 Å². The Bertz CT molecular complexity index is 1130. The Hall–Kier alpha value is -0.909. The molecule has 0 spiro atoms. The van der Waals surface area contributed by atoms with Crippen molar-refractivity contribution in [1.82, 2.24) is 0 Å². The van der Waals surface area contributed by atoms with Crippen LogP contribution in [0.4, 0.5) is 11.4 Å². The summed E-state index contributed by atoms with van der Waals surface area (Å²) in [5.41, 5.74) is 0.973. The summed E-state index contributed by atoms with van der Waals surface area (Å²) < 4.78 is 33.9. The Labute approximate surface area is 202 Å². The molecule has 0 saturated heterocycles. The van der Waals surface area contributed by atoms with Crippen LogP contribution in [0.2, 0.25) is 5.02 Å². The summed E-state index contributed by atoms with van der Waals surface area (Å²) in [6.07, 6.45) is 0.466. The van der Waals surface area contributed by atoms with E-state index in [0.717, 1.165) is 17.5 Å². The third-order valence-electron chi connectivity index (χ3n) is 3.92. The molecule has 1 N–H and O–H groups in total. The van der Waals surface area contributed by atoms with Crippen LogP contribution in [-0.2, 0) is 16.5 Å². The number of azo groups is 1. The van der Waals surface area contributed by atoms with Gasteiger partial charge >= 0.3 is 48.9 Å². The summed E-state index contributed by atoms with van der Waals surface area (Å²) in [6.45, 7) is 1.82. The second-order valence-electron chi connectivity index (χ2n) is 5.56. The monoisotopic (exact) mass is 527 g/mol. The molecule has 0 aliphatic heterocycles. The molecule has 3 rings (SSSR count). The number of phenolic OH excluding ortho intramolecular Hbond substituents is 1. The van der Waals surface area contributed by atoms with Crippen molar-refractivity contribution in [2.75, 3.05) is 0 Å². The van der Waals surface area contributed by atoms with Gasteiger partial charge < -0.3 is 9.66 Å². The maximum absolute atomic E-state index is 11.3. The molecule has 0 bridgehead atoms. The van der Waals surface area contributed by atoms with E-state index < -0.39 is 15.0 Å². The Morgan fingerprint density at radius 3 is 2.48 bits per heavy atom. The van der Waals surface area contributed by atoms with Gasteiger partial charge in [0.05, 0.1) is 10.6 Å². The number of halogens is 1. The van der Waals surface area contributed by atoms with Gasteiger partial charge in [-0.15, -0.1) is 5.11 Å². The maximum Gasteiger partial charge on any atom is 2.00 e. The van der Waals surface area contributed by atoms with Crippen LogP contribution in [0.5, 0.6) is 5.75 Å². The van der Waals surface area contributed by atoms with Gasteiger partial charge in [-0.05, 0) is 35.6 Å². The van der Waals surface area contributed by atoms with Crippen molar-refractivity contribution in [2.24, 2.45) is 10.2 Å². The molecule has 0 radical (unpaired) electrons. The molecule has 0 amide bonds. The van der Waals surface area contributed by atoms with Gasteiger partial charge in [0.2, 0.25) is 0 Å². The fourth-order valence-electron chi connectivity index (χ4n) is 2.63. The van der Waals surface area contributed by atoms with Gasteiger partial charge in [-0.25, -0.2) is 8.42 Å². The van der Waals surface area contributed by atoms with E-state index in [1.165, 1.54) is 6.07 Å². The number of benzene rings is 3. The minimum absolute atomic E-state index is 0. The zero-order chi connectivity index (χ0) is 18.9. The second-order valence-corrected chi connectivity index (χ2v) is 7.35. The largest absolute Gasteiger partial charge is 2.00 e. The molecule has 0 atom stereocenters. The molecule has 0 aliphatic rings. The molecule has 134 valence electrons. The number of fused-ring (bicyclic) bond motifs is 1. The number of hydrogen-bond donors (Lipinski definition) is 1. The fourth-order valence-corrected chi connectivity index (χ4v) is 3.56. The van der Waals surface area contributed by atoms with Crippen molar-refractivity contribution in [3.8, 4) is 5.75 Å². The van der Waals surface area contributed by atoms with E-state index in [0.29, 0.717) is 17.4 Å². The van der Waals surface area contributed by atoms with Crippen LogP contribution in [0.3, 0.4) is 0 Å². The third kappa shape index (κ3) is 4.93. The number of nitrogens with zero attached hydrogens (tertiary/aromatic N) is 2. The minimum atomic E-state index is -4.68. The Kier molecular flexibility index (Phi) is 7.51. The SMILES string of the molecule is CCc1c(Cl)cc(S(=O)(=O)[O-])cc1N=Nc1c(O)ccc2ccccc12.[Ba+2]. The molecular formula is C18H14BaClN2O4S+. The summed E-state index contributed by atoms with van der Waals surface area (Å²) in [7, 11) is -4.68. The summed E-state index contributed by atoms with van der Waals surface area (Å²) >= 11 is 6.09. The van der Waals surface area contributed by atoms with Crippen LogP contribution in [0.25, 0.3) is 10.8 Å². The van der Waals surface area contributed by atoms with Crippen LogP contribution in [-0.4, -0.2) is 67.0 Å². The molecule has 0 saturated carbocycles. The smallest absolute Gasteiger partial charge is 0.744 e. The first-order chi connectivity index (χ1) is 12.3. The van der Waals surface area contributed by atoms with Crippen LogP contribution >= 0.6 is 11.6 Å². The van der Waals surface area contributed by atoms with E-state index in [4.69, 9.17) is 11.6 Å². The first kappa shape index (κ1) is 22.4. The molecule has 0 heterocycles. The standard InChI is InChI=1S/C18H15ClN2O4S.Ba/c1-2-13-15(19)9-12(26(23,24)25)10-16(13)20-21-18-14-6-4-3-5-11(14)7-8-17(18)22;/h3-10,22H,2H2,1H3,(H,23,24,25);/q;+2/p-1. The minimum Gasteiger partial charge on any atom is -0.744 e. The number of rotatable bonds is 4. The molecule has 0 unspecified atom stereocenters. The second kappa shape index (κ2) is 9.06. The van der Waals surface area contributed by atoms with E-state index in [9.17, 15) is 18.1 Å². The first-order valence-corrected chi connectivity index (χ1v) is 9.50.